The Balaban J connectivity index is -0.000000203. The number of halogens is 3. The van der Waals surface area contributed by atoms with Crippen molar-refractivity contribution < 1.29 is 22.6 Å². The quantitative estimate of drug-likeness (QED) is 0.276. The van der Waals surface area contributed by atoms with Crippen LogP contribution < -0.4 is 0 Å². The van der Waals surface area contributed by atoms with E-state index in [1.54, 1.807) is 19.9 Å². The number of hydrogen-bond acceptors (Lipinski definition) is 2. The van der Waals surface area contributed by atoms with E-state index in [1.807, 2.05) is 19.9 Å². The zero-order valence-corrected chi connectivity index (χ0v) is 22.2. The van der Waals surface area contributed by atoms with Gasteiger partial charge < -0.3 is 9.47 Å². The van der Waals surface area contributed by atoms with E-state index in [4.69, 9.17) is 9.47 Å². The van der Waals surface area contributed by atoms with E-state index in [1.165, 1.54) is 36.2 Å². The standard InChI is InChI=1S/C8H8F2.C8H9F.C8H10.C6H12O2.4CH4/c1-5-3-7(9)6(2)8(10)4-5;1-6-3-4-7(2)8(9)5-6;1-7-3-5-8(2)6-4-7;1-5-3-7-6(2)8-4-5;;;;/h3-4H,1-2H3;3-5H,1-2H3;3-6H,1-2H3;5-6H,3-4H2,1-2H3;4*1H4. The Morgan fingerprint density at radius 3 is 1.23 bits per heavy atom. The van der Waals surface area contributed by atoms with E-state index in [-0.39, 0.29) is 47.4 Å². The summed E-state index contributed by atoms with van der Waals surface area (Å²) in [5.74, 6) is -0.490. The SMILES string of the molecule is C.C.C.C.CC1COC(C)OC1.Cc1cc(F)c(C)c(F)c1.Cc1ccc(C)c(F)c1.Cc1ccc(C)cc1. The highest BCUT2D eigenvalue weighted by atomic mass is 19.1. The van der Waals surface area contributed by atoms with Gasteiger partial charge in [-0.15, -0.1) is 0 Å². The number of aryl methyl sites for hydroxylation is 5. The van der Waals surface area contributed by atoms with Crippen LogP contribution in [0.4, 0.5) is 13.2 Å². The molecule has 1 aliphatic rings. The molecule has 1 saturated heterocycles. The van der Waals surface area contributed by atoms with Crippen molar-refractivity contribution in [2.75, 3.05) is 13.2 Å². The zero-order chi connectivity index (χ0) is 26.5. The fourth-order valence-corrected chi connectivity index (χ4v) is 2.80. The largest absolute Gasteiger partial charge is 0.353 e. The highest BCUT2D eigenvalue weighted by Crippen LogP contribution is 2.13. The molecule has 4 rings (SSSR count). The average molecular weight is 553 g/mol. The average Bonchev–Trinajstić information content (AvgIpc) is 2.80. The normalized spacial score (nSPS) is 14.8. The van der Waals surface area contributed by atoms with Crippen LogP contribution in [0.3, 0.4) is 0 Å². The third-order valence-corrected chi connectivity index (χ3v) is 5.20. The molecule has 5 heteroatoms. The lowest BCUT2D eigenvalue weighted by Gasteiger charge is -2.24. The smallest absolute Gasteiger partial charge is 0.154 e. The molecule has 39 heavy (non-hydrogen) atoms. The highest BCUT2D eigenvalue weighted by Gasteiger charge is 2.13. The van der Waals surface area contributed by atoms with Gasteiger partial charge in [0.05, 0.1) is 13.2 Å². The molecular formula is C34H55F3O2. The molecule has 1 aliphatic heterocycles. The summed E-state index contributed by atoms with van der Waals surface area (Å²) >= 11 is 0. The fraction of sp³-hybridized carbons (Fsp3) is 0.471. The van der Waals surface area contributed by atoms with Crippen LogP contribution in [0.25, 0.3) is 0 Å². The van der Waals surface area contributed by atoms with Crippen LogP contribution in [0.15, 0.2) is 54.6 Å². The van der Waals surface area contributed by atoms with Gasteiger partial charge in [0.1, 0.15) is 17.5 Å². The molecule has 3 aromatic carbocycles. The summed E-state index contributed by atoms with van der Waals surface area (Å²) in [6.45, 7) is 16.6. The first kappa shape index (κ1) is 43.4. The van der Waals surface area contributed by atoms with Crippen LogP contribution in [0.2, 0.25) is 0 Å². The van der Waals surface area contributed by atoms with Crippen molar-refractivity contribution in [3.63, 3.8) is 0 Å². The van der Waals surface area contributed by atoms with Crippen LogP contribution in [0.5, 0.6) is 0 Å². The van der Waals surface area contributed by atoms with E-state index in [2.05, 4.69) is 45.0 Å². The van der Waals surface area contributed by atoms with E-state index in [0.717, 1.165) is 18.8 Å². The van der Waals surface area contributed by atoms with Gasteiger partial charge in [-0.2, -0.15) is 0 Å². The molecule has 1 heterocycles. The minimum atomic E-state index is -0.475. The van der Waals surface area contributed by atoms with Crippen LogP contribution in [0, 0.1) is 64.9 Å². The summed E-state index contributed by atoms with van der Waals surface area (Å²) in [6.07, 6.45) is 0.0196. The van der Waals surface area contributed by atoms with E-state index in [0.29, 0.717) is 17.0 Å². The van der Waals surface area contributed by atoms with E-state index < -0.39 is 11.6 Å². The monoisotopic (exact) mass is 552 g/mol. The second-order valence-corrected chi connectivity index (χ2v) is 9.10. The van der Waals surface area contributed by atoms with Crippen molar-refractivity contribution in [1.82, 2.24) is 0 Å². The molecule has 0 bridgehead atoms. The van der Waals surface area contributed by atoms with E-state index >= 15 is 0 Å². The predicted octanol–water partition coefficient (Wildman–Crippen LogP) is 10.9. The van der Waals surface area contributed by atoms with Gasteiger partial charge in [0, 0.05) is 11.5 Å². The maximum atomic E-state index is 12.6. The van der Waals surface area contributed by atoms with Crippen molar-refractivity contribution in [3.05, 3.63) is 105 Å². The summed E-state index contributed by atoms with van der Waals surface area (Å²) in [4.78, 5) is 0. The van der Waals surface area contributed by atoms with Crippen LogP contribution in [0.1, 0.15) is 76.9 Å². The molecule has 2 nitrogen and oxygen atoms in total. The van der Waals surface area contributed by atoms with Gasteiger partial charge in [-0.1, -0.05) is 84.2 Å². The fourth-order valence-electron chi connectivity index (χ4n) is 2.80. The Bertz CT molecular complexity index is 971. The third kappa shape index (κ3) is 18.3. The number of hydrogen-bond donors (Lipinski definition) is 0. The minimum Gasteiger partial charge on any atom is -0.353 e. The first-order chi connectivity index (χ1) is 16.4. The van der Waals surface area contributed by atoms with Crippen molar-refractivity contribution in [3.8, 4) is 0 Å². The van der Waals surface area contributed by atoms with Crippen LogP contribution in [-0.4, -0.2) is 19.5 Å². The first-order valence-electron chi connectivity index (χ1n) is 11.8. The summed E-state index contributed by atoms with van der Waals surface area (Å²) in [7, 11) is 0. The van der Waals surface area contributed by atoms with Crippen molar-refractivity contribution >= 4 is 0 Å². The second kappa shape index (κ2) is 22.2. The summed E-state index contributed by atoms with van der Waals surface area (Å²) in [6, 6.07) is 16.3. The van der Waals surface area contributed by atoms with Gasteiger partial charge >= 0.3 is 0 Å². The Morgan fingerprint density at radius 1 is 0.538 bits per heavy atom. The van der Waals surface area contributed by atoms with Gasteiger partial charge in [0.25, 0.3) is 0 Å². The van der Waals surface area contributed by atoms with Crippen molar-refractivity contribution in [2.24, 2.45) is 5.92 Å². The first-order valence-corrected chi connectivity index (χ1v) is 11.8. The molecule has 0 atom stereocenters. The number of rotatable bonds is 0. The van der Waals surface area contributed by atoms with Gasteiger partial charge in [-0.3, -0.25) is 0 Å². The lowest BCUT2D eigenvalue weighted by Crippen LogP contribution is -2.27. The molecular weight excluding hydrogens is 497 g/mol. The molecule has 0 amide bonds. The maximum absolute atomic E-state index is 12.6. The van der Waals surface area contributed by atoms with Crippen molar-refractivity contribution in [2.45, 2.75) is 91.4 Å². The summed E-state index contributed by atoms with van der Waals surface area (Å²) in [5.41, 5.74) is 5.04. The molecule has 0 aliphatic carbocycles. The Kier molecular flexibility index (Phi) is 24.7. The molecule has 224 valence electrons. The maximum Gasteiger partial charge on any atom is 0.154 e. The lowest BCUT2D eigenvalue weighted by atomic mass is 10.1. The summed E-state index contributed by atoms with van der Waals surface area (Å²) in [5, 5.41) is 0. The Hall–Kier alpha value is -2.63. The number of benzene rings is 3. The summed E-state index contributed by atoms with van der Waals surface area (Å²) < 4.78 is 48.1. The molecule has 0 unspecified atom stereocenters. The molecule has 0 N–H and O–H groups in total. The van der Waals surface area contributed by atoms with Gasteiger partial charge in [-0.25, -0.2) is 13.2 Å². The van der Waals surface area contributed by atoms with Gasteiger partial charge in [0.15, 0.2) is 6.29 Å². The molecule has 0 spiro atoms. The number of ether oxygens (including phenoxy) is 2. The molecule has 0 aromatic heterocycles. The van der Waals surface area contributed by atoms with Crippen molar-refractivity contribution in [1.29, 1.82) is 0 Å². The minimum absolute atomic E-state index is 0. The van der Waals surface area contributed by atoms with Crippen LogP contribution in [-0.2, 0) is 9.47 Å². The van der Waals surface area contributed by atoms with E-state index in [9.17, 15) is 13.2 Å². The molecule has 3 aromatic rings. The Morgan fingerprint density at radius 2 is 0.897 bits per heavy atom. The lowest BCUT2D eigenvalue weighted by molar-refractivity contribution is -0.187. The Labute approximate surface area is 238 Å². The molecule has 1 fully saturated rings. The topological polar surface area (TPSA) is 18.5 Å². The van der Waals surface area contributed by atoms with Gasteiger partial charge in [0.2, 0.25) is 0 Å². The second-order valence-electron chi connectivity index (χ2n) is 9.10. The molecule has 0 radical (unpaired) electrons. The third-order valence-electron chi connectivity index (χ3n) is 5.20. The predicted molar refractivity (Wildman–Crippen MR) is 165 cm³/mol. The zero-order valence-electron chi connectivity index (χ0n) is 22.2. The highest BCUT2D eigenvalue weighted by molar-refractivity contribution is 5.24. The van der Waals surface area contributed by atoms with Crippen LogP contribution >= 0.6 is 0 Å². The van der Waals surface area contributed by atoms with Gasteiger partial charge in [-0.05, 0) is 83.4 Å². The molecule has 0 saturated carbocycles.